The molecule has 2 aliphatic rings. The number of carbonyl (C=O) groups is 1. The van der Waals surface area contributed by atoms with Crippen LogP contribution in [0, 0.1) is 5.92 Å². The first-order valence-electron chi connectivity index (χ1n) is 15.3. The molecule has 0 aromatic heterocycles. The van der Waals surface area contributed by atoms with Gasteiger partial charge in [0.05, 0.1) is 17.1 Å². The number of piperazine rings is 1. The minimum absolute atomic E-state index is 0.107. The molecule has 4 N–H and O–H groups in total. The molecule has 13 heteroatoms. The molecular weight excluding hydrogens is 652 g/mol. The number of rotatable bonds is 12. The SMILES string of the molecule is C=N/C=C(F)\C(CC[C@H]1CNC[C@@H](C)N1S(=O)(=O)c1ccc(Cl)cc1)=C(/C)NC(=O)[C@@H](N)[C@@H](c1ccc(Cl)cc1)C1CCOCC1. The van der Waals surface area contributed by atoms with E-state index in [9.17, 15) is 13.2 Å². The van der Waals surface area contributed by atoms with E-state index in [1.165, 1.54) is 28.6 Å². The van der Waals surface area contributed by atoms with Crippen LogP contribution in [0.5, 0.6) is 0 Å². The maximum Gasteiger partial charge on any atom is 0.243 e. The Bertz CT molecular complexity index is 1530. The average Bonchev–Trinajstić information content (AvgIpc) is 3.03. The summed E-state index contributed by atoms with van der Waals surface area (Å²) in [5.74, 6) is -1.34. The van der Waals surface area contributed by atoms with E-state index in [0.29, 0.717) is 36.3 Å². The molecule has 2 fully saturated rings. The number of amides is 1. The predicted molar refractivity (Wildman–Crippen MR) is 181 cm³/mol. The molecule has 0 bridgehead atoms. The summed E-state index contributed by atoms with van der Waals surface area (Å²) in [5, 5.41) is 7.14. The van der Waals surface area contributed by atoms with Gasteiger partial charge in [-0.25, -0.2) is 12.8 Å². The molecule has 2 saturated heterocycles. The van der Waals surface area contributed by atoms with Gasteiger partial charge < -0.3 is 21.1 Å². The smallest absolute Gasteiger partial charge is 0.243 e. The largest absolute Gasteiger partial charge is 0.381 e. The molecule has 0 radical (unpaired) electrons. The summed E-state index contributed by atoms with van der Waals surface area (Å²) in [6, 6.07) is 11.6. The molecule has 250 valence electrons. The average molecular weight is 695 g/mol. The summed E-state index contributed by atoms with van der Waals surface area (Å²) in [7, 11) is -3.88. The van der Waals surface area contributed by atoms with Crippen LogP contribution < -0.4 is 16.4 Å². The van der Waals surface area contributed by atoms with Crippen LogP contribution in [0.4, 0.5) is 4.39 Å². The quantitative estimate of drug-likeness (QED) is 0.197. The van der Waals surface area contributed by atoms with Gasteiger partial charge in [0, 0.05) is 65.6 Å². The summed E-state index contributed by atoms with van der Waals surface area (Å²) in [6.45, 7) is 8.80. The summed E-state index contributed by atoms with van der Waals surface area (Å²) in [5.41, 5.74) is 7.99. The van der Waals surface area contributed by atoms with Crippen LogP contribution in [0.2, 0.25) is 10.0 Å². The van der Waals surface area contributed by atoms with E-state index in [2.05, 4.69) is 22.3 Å². The third kappa shape index (κ3) is 8.83. The van der Waals surface area contributed by atoms with Crippen LogP contribution in [0.3, 0.4) is 0 Å². The van der Waals surface area contributed by atoms with Crippen molar-refractivity contribution in [2.45, 2.75) is 68.5 Å². The molecule has 2 aromatic rings. The summed E-state index contributed by atoms with van der Waals surface area (Å²) >= 11 is 12.1. The maximum atomic E-state index is 15.5. The van der Waals surface area contributed by atoms with Crippen molar-refractivity contribution in [2.24, 2.45) is 16.6 Å². The Hall–Kier alpha value is -2.64. The monoisotopic (exact) mass is 693 g/mol. The molecule has 46 heavy (non-hydrogen) atoms. The van der Waals surface area contributed by atoms with Gasteiger partial charge in [-0.2, -0.15) is 4.31 Å². The van der Waals surface area contributed by atoms with Crippen molar-refractivity contribution in [1.82, 2.24) is 14.9 Å². The number of nitrogens with two attached hydrogens (primary N) is 1. The van der Waals surface area contributed by atoms with Gasteiger partial charge in [0.25, 0.3) is 0 Å². The Morgan fingerprint density at radius 3 is 2.37 bits per heavy atom. The third-order valence-electron chi connectivity index (χ3n) is 8.71. The van der Waals surface area contributed by atoms with Gasteiger partial charge in [0.15, 0.2) is 0 Å². The molecule has 0 spiro atoms. The second kappa shape index (κ2) is 16.5. The number of hydrogen-bond acceptors (Lipinski definition) is 7. The van der Waals surface area contributed by atoms with Gasteiger partial charge in [-0.1, -0.05) is 35.3 Å². The van der Waals surface area contributed by atoms with Gasteiger partial charge in [-0.05, 0) is 94.1 Å². The molecular formula is C33H42Cl2FN5O4S. The van der Waals surface area contributed by atoms with Crippen molar-refractivity contribution in [2.75, 3.05) is 26.3 Å². The topological polar surface area (TPSA) is 126 Å². The van der Waals surface area contributed by atoms with E-state index in [-0.39, 0.29) is 46.9 Å². The Morgan fingerprint density at radius 2 is 1.76 bits per heavy atom. The first kappa shape index (κ1) is 36.2. The Labute approximate surface area is 281 Å². The van der Waals surface area contributed by atoms with Crippen molar-refractivity contribution in [3.63, 3.8) is 0 Å². The molecule has 2 aromatic carbocycles. The van der Waals surface area contributed by atoms with Crippen LogP contribution in [0.1, 0.15) is 51.0 Å². The number of ether oxygens (including phenoxy) is 1. The number of benzene rings is 2. The number of carbonyl (C=O) groups excluding carboxylic acids is 1. The third-order valence-corrected chi connectivity index (χ3v) is 11.3. The number of allylic oxidation sites excluding steroid dienone is 3. The van der Waals surface area contributed by atoms with Crippen molar-refractivity contribution < 1.29 is 22.3 Å². The van der Waals surface area contributed by atoms with Crippen LogP contribution in [-0.2, 0) is 19.6 Å². The highest BCUT2D eigenvalue weighted by Crippen LogP contribution is 2.35. The second-order valence-electron chi connectivity index (χ2n) is 11.8. The summed E-state index contributed by atoms with van der Waals surface area (Å²) < 4.78 is 50.0. The van der Waals surface area contributed by atoms with Crippen molar-refractivity contribution in [3.05, 3.63) is 87.4 Å². The molecule has 2 heterocycles. The Kier molecular flexibility index (Phi) is 12.9. The fraction of sp³-hybridized carbons (Fsp3) is 0.455. The van der Waals surface area contributed by atoms with Crippen LogP contribution in [0.25, 0.3) is 0 Å². The van der Waals surface area contributed by atoms with Crippen LogP contribution >= 0.6 is 23.2 Å². The normalized spacial score (nSPS) is 22.1. The van der Waals surface area contributed by atoms with Gasteiger partial charge in [0.1, 0.15) is 5.83 Å². The fourth-order valence-corrected chi connectivity index (χ4v) is 8.48. The summed E-state index contributed by atoms with van der Waals surface area (Å²) in [4.78, 5) is 17.4. The first-order valence-corrected chi connectivity index (χ1v) is 17.5. The summed E-state index contributed by atoms with van der Waals surface area (Å²) in [6.07, 6.45) is 2.87. The lowest BCUT2D eigenvalue weighted by atomic mass is 9.76. The molecule has 0 saturated carbocycles. The van der Waals surface area contributed by atoms with Crippen LogP contribution in [-0.4, -0.2) is 69.8 Å². The van der Waals surface area contributed by atoms with Crippen molar-refractivity contribution in [1.29, 1.82) is 0 Å². The highest BCUT2D eigenvalue weighted by atomic mass is 35.5. The van der Waals surface area contributed by atoms with Crippen LogP contribution in [0.15, 0.2) is 81.7 Å². The number of nitrogens with one attached hydrogen (secondary N) is 2. The van der Waals surface area contributed by atoms with E-state index < -0.39 is 33.8 Å². The second-order valence-corrected chi connectivity index (χ2v) is 14.5. The lowest BCUT2D eigenvalue weighted by Crippen LogP contribution is -2.58. The zero-order valence-corrected chi connectivity index (χ0v) is 28.4. The van der Waals surface area contributed by atoms with Crippen molar-refractivity contribution >= 4 is 45.8 Å². The van der Waals surface area contributed by atoms with E-state index >= 15 is 4.39 Å². The number of sulfonamides is 1. The van der Waals surface area contributed by atoms with Gasteiger partial charge in [0.2, 0.25) is 15.9 Å². The minimum Gasteiger partial charge on any atom is -0.381 e. The molecule has 0 unspecified atom stereocenters. The number of nitrogens with zero attached hydrogens (tertiary/aromatic N) is 2. The van der Waals surface area contributed by atoms with E-state index in [1.807, 2.05) is 19.1 Å². The Balaban J connectivity index is 1.58. The standard InChI is InChI=1S/C33H42Cl2FN5O4S/c1-21-18-39-19-27(41(21)46(43,44)28-11-8-26(35)9-12-28)10-13-29(30(36)20-38-3)22(2)40-33(42)32(37)31(24-14-16-45-17-15-24)23-4-6-25(34)7-5-23/h4-9,11-12,20-21,24,27,31-32,39H,3,10,13-19,37H2,1-2H3,(H,40,42)/b29-22+,30-20+/t21-,27+,31+,32+/m1/s1. The number of hydrogen-bond donors (Lipinski definition) is 3. The fourth-order valence-electron chi connectivity index (χ4n) is 6.38. The highest BCUT2D eigenvalue weighted by Gasteiger charge is 2.38. The number of halogens is 3. The molecule has 1 amide bonds. The van der Waals surface area contributed by atoms with Crippen molar-refractivity contribution in [3.8, 4) is 0 Å². The van der Waals surface area contributed by atoms with E-state index in [0.717, 1.165) is 24.6 Å². The molecule has 4 rings (SSSR count). The molecule has 9 nitrogen and oxygen atoms in total. The minimum atomic E-state index is -3.88. The maximum absolute atomic E-state index is 15.5. The lowest BCUT2D eigenvalue weighted by Gasteiger charge is -2.40. The van der Waals surface area contributed by atoms with Gasteiger partial charge in [-0.15, -0.1) is 0 Å². The molecule has 0 aliphatic carbocycles. The van der Waals surface area contributed by atoms with Gasteiger partial charge in [-0.3, -0.25) is 9.79 Å². The lowest BCUT2D eigenvalue weighted by molar-refractivity contribution is -0.122. The number of aliphatic imine (C=N–C) groups is 1. The zero-order valence-electron chi connectivity index (χ0n) is 26.1. The molecule has 4 atom stereocenters. The predicted octanol–water partition coefficient (Wildman–Crippen LogP) is 5.56. The zero-order chi connectivity index (χ0) is 33.4. The van der Waals surface area contributed by atoms with E-state index in [4.69, 9.17) is 33.7 Å². The van der Waals surface area contributed by atoms with Gasteiger partial charge >= 0.3 is 0 Å². The Morgan fingerprint density at radius 1 is 1.15 bits per heavy atom. The highest BCUT2D eigenvalue weighted by molar-refractivity contribution is 7.89. The van der Waals surface area contributed by atoms with E-state index in [1.54, 1.807) is 19.1 Å². The first-order chi connectivity index (χ1) is 21.9. The molecule has 2 aliphatic heterocycles.